The van der Waals surface area contributed by atoms with Crippen molar-refractivity contribution in [2.75, 3.05) is 20.2 Å². The molecule has 1 heterocycles. The highest BCUT2D eigenvalue weighted by Crippen LogP contribution is 2.24. The van der Waals surface area contributed by atoms with E-state index < -0.39 is 10.0 Å². The lowest BCUT2D eigenvalue weighted by Crippen LogP contribution is -2.27. The number of hydrogen-bond acceptors (Lipinski definition) is 4. The molecule has 0 saturated carbocycles. The minimum Gasteiger partial charge on any atom is -0.396 e. The van der Waals surface area contributed by atoms with E-state index in [2.05, 4.69) is 6.58 Å². The van der Waals surface area contributed by atoms with E-state index in [1.165, 1.54) is 22.7 Å². The van der Waals surface area contributed by atoms with Crippen LogP contribution in [0.3, 0.4) is 0 Å². The van der Waals surface area contributed by atoms with Gasteiger partial charge >= 0.3 is 0 Å². The third-order valence-electron chi connectivity index (χ3n) is 2.15. The van der Waals surface area contributed by atoms with Gasteiger partial charge < -0.3 is 5.11 Å². The third kappa shape index (κ3) is 3.64. The van der Waals surface area contributed by atoms with Gasteiger partial charge in [0.25, 0.3) is 10.0 Å². The highest BCUT2D eigenvalue weighted by atomic mass is 32.2. The van der Waals surface area contributed by atoms with Crippen LogP contribution in [0.1, 0.15) is 11.8 Å². The van der Waals surface area contributed by atoms with E-state index in [4.69, 9.17) is 5.11 Å². The summed E-state index contributed by atoms with van der Waals surface area (Å²) in [4.78, 5) is 0.870. The van der Waals surface area contributed by atoms with Crippen molar-refractivity contribution in [3.8, 4) is 0 Å². The summed E-state index contributed by atoms with van der Waals surface area (Å²) in [7, 11) is -1.88. The van der Waals surface area contributed by atoms with Crippen molar-refractivity contribution < 1.29 is 13.5 Å². The van der Waals surface area contributed by atoms with Crippen LogP contribution < -0.4 is 0 Å². The first-order valence-electron chi connectivity index (χ1n) is 5.18. The number of nitrogens with zero attached hydrogens (tertiary/aromatic N) is 1. The molecule has 0 amide bonds. The summed E-state index contributed by atoms with van der Waals surface area (Å²) in [6.07, 6.45) is 0.490. The Bertz CT molecular complexity index is 491. The summed E-state index contributed by atoms with van der Waals surface area (Å²) in [5, 5.41) is 8.80. The van der Waals surface area contributed by atoms with Crippen LogP contribution in [0.5, 0.6) is 0 Å². The topological polar surface area (TPSA) is 57.6 Å². The Balaban J connectivity index is 2.92. The maximum absolute atomic E-state index is 12.1. The zero-order valence-corrected chi connectivity index (χ0v) is 11.6. The third-order valence-corrected chi connectivity index (χ3v) is 5.57. The lowest BCUT2D eigenvalue weighted by Gasteiger charge is -2.15. The van der Waals surface area contributed by atoms with E-state index in [1.54, 1.807) is 19.1 Å². The highest BCUT2D eigenvalue weighted by molar-refractivity contribution is 7.91. The zero-order chi connectivity index (χ0) is 13.1. The summed E-state index contributed by atoms with van der Waals surface area (Å²) in [5.74, 6) is 0. The maximum Gasteiger partial charge on any atom is 0.252 e. The summed E-state index contributed by atoms with van der Waals surface area (Å²) in [6, 6.07) is 3.32. The smallest absolute Gasteiger partial charge is 0.252 e. The molecule has 0 fully saturated rings. The first-order chi connectivity index (χ1) is 7.87. The van der Waals surface area contributed by atoms with E-state index in [0.717, 1.165) is 10.5 Å². The van der Waals surface area contributed by atoms with Crippen molar-refractivity contribution in [3.05, 3.63) is 29.2 Å². The van der Waals surface area contributed by atoms with E-state index in [1.807, 2.05) is 0 Å². The molecule has 0 saturated heterocycles. The monoisotopic (exact) mass is 275 g/mol. The standard InChI is InChI=1S/C11H17NO3S2/c1-9(2)8-12(3)17(14,15)11-5-4-10(16-11)6-7-13/h4-5,13H,1,6-8H2,2-3H3. The molecule has 1 N–H and O–H groups in total. The number of aliphatic hydroxyl groups excluding tert-OH is 1. The largest absolute Gasteiger partial charge is 0.396 e. The zero-order valence-electron chi connectivity index (χ0n) is 10.0. The second-order valence-electron chi connectivity index (χ2n) is 3.91. The Morgan fingerprint density at radius 1 is 1.53 bits per heavy atom. The first kappa shape index (κ1) is 14.4. The molecule has 4 nitrogen and oxygen atoms in total. The van der Waals surface area contributed by atoms with Crippen molar-refractivity contribution in [2.24, 2.45) is 0 Å². The van der Waals surface area contributed by atoms with Gasteiger partial charge in [-0.15, -0.1) is 11.3 Å². The predicted octanol–water partition coefficient (Wildman–Crippen LogP) is 1.48. The molecular formula is C11H17NO3S2. The highest BCUT2D eigenvalue weighted by Gasteiger charge is 2.22. The predicted molar refractivity (Wildman–Crippen MR) is 69.7 cm³/mol. The van der Waals surface area contributed by atoms with Crippen LogP contribution in [0.4, 0.5) is 0 Å². The van der Waals surface area contributed by atoms with Crippen molar-refractivity contribution in [1.82, 2.24) is 4.31 Å². The van der Waals surface area contributed by atoms with Gasteiger partial charge in [-0.1, -0.05) is 12.2 Å². The van der Waals surface area contributed by atoms with Crippen molar-refractivity contribution in [1.29, 1.82) is 0 Å². The lowest BCUT2D eigenvalue weighted by atomic mass is 10.4. The Hall–Kier alpha value is -0.690. The van der Waals surface area contributed by atoms with Crippen LogP contribution in [0.15, 0.2) is 28.5 Å². The number of likely N-dealkylation sites (N-methyl/N-ethyl adjacent to an activating group) is 1. The first-order valence-corrected chi connectivity index (χ1v) is 7.44. The SMILES string of the molecule is C=C(C)CN(C)S(=O)(=O)c1ccc(CCO)s1. The van der Waals surface area contributed by atoms with Gasteiger partial charge in [0.15, 0.2) is 0 Å². The molecule has 0 aliphatic heterocycles. The Kier molecular flexibility index (Phi) is 4.88. The number of rotatable bonds is 6. The van der Waals surface area contributed by atoms with E-state index in [0.29, 0.717) is 17.2 Å². The minimum atomic E-state index is -3.42. The minimum absolute atomic E-state index is 0.0294. The molecule has 0 atom stereocenters. The Morgan fingerprint density at radius 2 is 2.18 bits per heavy atom. The van der Waals surface area contributed by atoms with Gasteiger partial charge in [-0.2, -0.15) is 4.31 Å². The second kappa shape index (κ2) is 5.77. The second-order valence-corrected chi connectivity index (χ2v) is 7.35. The fraction of sp³-hybridized carbons (Fsp3) is 0.455. The molecule has 0 aromatic carbocycles. The molecule has 0 aliphatic carbocycles. The van der Waals surface area contributed by atoms with E-state index >= 15 is 0 Å². The summed E-state index contributed by atoms with van der Waals surface area (Å²) >= 11 is 1.20. The number of hydrogen-bond donors (Lipinski definition) is 1. The average molecular weight is 275 g/mol. The molecule has 17 heavy (non-hydrogen) atoms. The molecule has 0 aliphatic rings. The molecule has 0 bridgehead atoms. The number of aliphatic hydroxyl groups is 1. The summed E-state index contributed by atoms with van der Waals surface area (Å²) in [5.41, 5.74) is 0.795. The average Bonchev–Trinajstić information content (AvgIpc) is 2.66. The van der Waals surface area contributed by atoms with Gasteiger partial charge in [-0.05, 0) is 19.1 Å². The summed E-state index contributed by atoms with van der Waals surface area (Å²) in [6.45, 7) is 5.83. The van der Waals surface area contributed by atoms with Crippen LogP contribution >= 0.6 is 11.3 Å². The van der Waals surface area contributed by atoms with Crippen LogP contribution in [-0.2, 0) is 16.4 Å². The van der Waals surface area contributed by atoms with Gasteiger partial charge in [-0.3, -0.25) is 0 Å². The van der Waals surface area contributed by atoms with Crippen LogP contribution in [-0.4, -0.2) is 38.0 Å². The van der Waals surface area contributed by atoms with Crippen molar-refractivity contribution in [3.63, 3.8) is 0 Å². The van der Waals surface area contributed by atoms with Crippen molar-refractivity contribution >= 4 is 21.4 Å². The molecule has 1 aromatic rings. The molecule has 1 aromatic heterocycles. The van der Waals surface area contributed by atoms with Gasteiger partial charge in [0.05, 0.1) is 0 Å². The Labute approximate surface area is 106 Å². The molecule has 6 heteroatoms. The van der Waals surface area contributed by atoms with Gasteiger partial charge in [0, 0.05) is 31.5 Å². The number of thiophene rings is 1. The maximum atomic E-state index is 12.1. The van der Waals surface area contributed by atoms with Crippen LogP contribution in [0, 0.1) is 0 Å². The van der Waals surface area contributed by atoms with E-state index in [9.17, 15) is 8.42 Å². The van der Waals surface area contributed by atoms with Crippen LogP contribution in [0.2, 0.25) is 0 Å². The van der Waals surface area contributed by atoms with E-state index in [-0.39, 0.29) is 6.61 Å². The lowest BCUT2D eigenvalue weighted by molar-refractivity contribution is 0.300. The molecule has 0 spiro atoms. The van der Waals surface area contributed by atoms with Crippen LogP contribution in [0.25, 0.3) is 0 Å². The number of sulfonamides is 1. The molecular weight excluding hydrogens is 258 g/mol. The quantitative estimate of drug-likeness (QED) is 0.800. The molecule has 0 radical (unpaired) electrons. The van der Waals surface area contributed by atoms with Crippen molar-refractivity contribution in [2.45, 2.75) is 17.6 Å². The fourth-order valence-corrected chi connectivity index (χ4v) is 4.15. The molecule has 1 rings (SSSR count). The van der Waals surface area contributed by atoms with Gasteiger partial charge in [0.1, 0.15) is 4.21 Å². The normalized spacial score (nSPS) is 12.0. The Morgan fingerprint density at radius 3 is 2.71 bits per heavy atom. The molecule has 96 valence electrons. The van der Waals surface area contributed by atoms with Gasteiger partial charge in [0.2, 0.25) is 0 Å². The van der Waals surface area contributed by atoms with Gasteiger partial charge in [-0.25, -0.2) is 8.42 Å². The summed E-state index contributed by atoms with van der Waals surface area (Å²) < 4.78 is 25.8. The fourth-order valence-electron chi connectivity index (χ4n) is 1.36. The molecule has 0 unspecified atom stereocenters.